The molecule has 116 valence electrons. The van der Waals surface area contributed by atoms with E-state index in [0.717, 1.165) is 24.1 Å². The van der Waals surface area contributed by atoms with E-state index >= 15 is 0 Å². The molecule has 0 radical (unpaired) electrons. The molecule has 1 aliphatic carbocycles. The van der Waals surface area contributed by atoms with Gasteiger partial charge in [-0.2, -0.15) is 0 Å². The number of nitrogens with one attached hydrogen (secondary N) is 1. The van der Waals surface area contributed by atoms with Crippen molar-refractivity contribution in [2.24, 2.45) is 0 Å². The molecule has 0 heterocycles. The Hall–Kier alpha value is -1.68. The molecule has 0 unspecified atom stereocenters. The highest BCUT2D eigenvalue weighted by Gasteiger charge is 2.21. The lowest BCUT2D eigenvalue weighted by atomic mass is 10.1. The van der Waals surface area contributed by atoms with Crippen LogP contribution in [-0.4, -0.2) is 26.9 Å². The summed E-state index contributed by atoms with van der Waals surface area (Å²) in [5.41, 5.74) is 2.18. The molecule has 1 aromatic rings. The molecular formula is C17H25NO3. The van der Waals surface area contributed by atoms with E-state index in [2.05, 4.69) is 18.8 Å². The number of benzene rings is 1. The molecule has 0 aromatic heterocycles. The summed E-state index contributed by atoms with van der Waals surface area (Å²) < 4.78 is 16.7. The van der Waals surface area contributed by atoms with Crippen molar-refractivity contribution >= 4 is 0 Å². The molecule has 0 bridgehead atoms. The molecule has 0 atom stereocenters. The molecule has 1 saturated carbocycles. The summed E-state index contributed by atoms with van der Waals surface area (Å²) in [6.45, 7) is 7.31. The first-order valence-corrected chi connectivity index (χ1v) is 7.45. The Labute approximate surface area is 127 Å². The highest BCUT2D eigenvalue weighted by molar-refractivity contribution is 5.54. The van der Waals surface area contributed by atoms with E-state index in [1.807, 2.05) is 12.1 Å². The van der Waals surface area contributed by atoms with Crippen LogP contribution < -0.4 is 19.5 Å². The van der Waals surface area contributed by atoms with Crippen molar-refractivity contribution < 1.29 is 14.2 Å². The van der Waals surface area contributed by atoms with Crippen molar-refractivity contribution in [2.45, 2.75) is 38.8 Å². The molecule has 1 aliphatic rings. The van der Waals surface area contributed by atoms with E-state index in [9.17, 15) is 0 Å². The van der Waals surface area contributed by atoms with Crippen molar-refractivity contribution in [3.8, 4) is 17.2 Å². The molecule has 4 heteroatoms. The molecule has 21 heavy (non-hydrogen) atoms. The summed E-state index contributed by atoms with van der Waals surface area (Å²) in [6, 6.07) is 4.68. The zero-order valence-corrected chi connectivity index (χ0v) is 13.2. The van der Waals surface area contributed by atoms with Gasteiger partial charge in [-0.3, -0.25) is 0 Å². The standard InChI is InChI=1S/C17H25NO3/c1-5-12(2)11-21-17-15(19-3)8-13(9-16(17)20-4)10-18-14-6-7-14/h8-9,14,18H,2,5-7,10-11H2,1,3-4H3. The molecule has 1 aromatic carbocycles. The number of hydrogen-bond acceptors (Lipinski definition) is 4. The number of methoxy groups -OCH3 is 2. The second kappa shape index (κ2) is 7.36. The molecule has 1 fully saturated rings. The smallest absolute Gasteiger partial charge is 0.203 e. The fourth-order valence-electron chi connectivity index (χ4n) is 2.00. The topological polar surface area (TPSA) is 39.7 Å². The van der Waals surface area contributed by atoms with E-state index in [0.29, 0.717) is 29.9 Å². The zero-order chi connectivity index (χ0) is 15.2. The minimum Gasteiger partial charge on any atom is -0.493 e. The predicted octanol–water partition coefficient (Wildman–Crippen LogP) is 3.30. The first-order valence-electron chi connectivity index (χ1n) is 7.45. The monoisotopic (exact) mass is 291 g/mol. The third kappa shape index (κ3) is 4.39. The number of hydrogen-bond donors (Lipinski definition) is 1. The summed E-state index contributed by atoms with van der Waals surface area (Å²) in [5, 5.41) is 3.49. The van der Waals surface area contributed by atoms with Gasteiger partial charge in [-0.15, -0.1) is 0 Å². The van der Waals surface area contributed by atoms with Crippen LogP contribution in [0.1, 0.15) is 31.7 Å². The second-order valence-corrected chi connectivity index (χ2v) is 5.38. The van der Waals surface area contributed by atoms with Crippen LogP contribution in [0.25, 0.3) is 0 Å². The first-order chi connectivity index (χ1) is 10.2. The Morgan fingerprint density at radius 1 is 1.24 bits per heavy atom. The van der Waals surface area contributed by atoms with Crippen molar-refractivity contribution in [1.29, 1.82) is 0 Å². The quantitative estimate of drug-likeness (QED) is 0.709. The Bertz CT molecular complexity index is 470. The molecule has 0 spiro atoms. The van der Waals surface area contributed by atoms with Crippen LogP contribution >= 0.6 is 0 Å². The summed E-state index contributed by atoms with van der Waals surface area (Å²) in [7, 11) is 3.29. The van der Waals surface area contributed by atoms with Crippen LogP contribution in [0.15, 0.2) is 24.3 Å². The highest BCUT2D eigenvalue weighted by Crippen LogP contribution is 2.39. The van der Waals surface area contributed by atoms with E-state index < -0.39 is 0 Å². The van der Waals surface area contributed by atoms with E-state index in [1.165, 1.54) is 12.8 Å². The van der Waals surface area contributed by atoms with Gasteiger partial charge >= 0.3 is 0 Å². The van der Waals surface area contributed by atoms with Crippen molar-refractivity contribution in [2.75, 3.05) is 20.8 Å². The van der Waals surface area contributed by atoms with Crippen LogP contribution in [0.3, 0.4) is 0 Å². The maximum Gasteiger partial charge on any atom is 0.203 e. The molecule has 0 amide bonds. The van der Waals surface area contributed by atoms with Gasteiger partial charge in [0.15, 0.2) is 11.5 Å². The maximum atomic E-state index is 5.83. The van der Waals surface area contributed by atoms with Crippen LogP contribution in [0.5, 0.6) is 17.2 Å². The molecule has 4 nitrogen and oxygen atoms in total. The second-order valence-electron chi connectivity index (χ2n) is 5.38. The van der Waals surface area contributed by atoms with Gasteiger partial charge in [0.2, 0.25) is 5.75 Å². The van der Waals surface area contributed by atoms with E-state index in [-0.39, 0.29) is 0 Å². The van der Waals surface area contributed by atoms with Crippen molar-refractivity contribution in [3.63, 3.8) is 0 Å². The van der Waals surface area contributed by atoms with Gasteiger partial charge in [-0.25, -0.2) is 0 Å². The third-order valence-electron chi connectivity index (χ3n) is 3.61. The van der Waals surface area contributed by atoms with Gasteiger partial charge in [0.05, 0.1) is 14.2 Å². The van der Waals surface area contributed by atoms with Gasteiger partial charge in [0.25, 0.3) is 0 Å². The molecule has 1 N–H and O–H groups in total. The fraction of sp³-hybridized carbons (Fsp3) is 0.529. The average molecular weight is 291 g/mol. The number of rotatable bonds is 9. The van der Waals surface area contributed by atoms with Gasteiger partial charge < -0.3 is 19.5 Å². The maximum absolute atomic E-state index is 5.83. The van der Waals surface area contributed by atoms with Crippen LogP contribution in [0, 0.1) is 0 Å². The minimum atomic E-state index is 0.475. The molecular weight excluding hydrogens is 266 g/mol. The van der Waals surface area contributed by atoms with Crippen molar-refractivity contribution in [1.82, 2.24) is 5.32 Å². The third-order valence-corrected chi connectivity index (χ3v) is 3.61. The normalized spacial score (nSPS) is 13.9. The highest BCUT2D eigenvalue weighted by atomic mass is 16.5. The largest absolute Gasteiger partial charge is 0.493 e. The molecule has 2 rings (SSSR count). The average Bonchev–Trinajstić information content (AvgIpc) is 3.34. The summed E-state index contributed by atoms with van der Waals surface area (Å²) in [5.74, 6) is 2.04. The van der Waals surface area contributed by atoms with Gasteiger partial charge in [0.1, 0.15) is 6.61 Å². The minimum absolute atomic E-state index is 0.475. The van der Waals surface area contributed by atoms with Gasteiger partial charge in [-0.1, -0.05) is 13.5 Å². The fourth-order valence-corrected chi connectivity index (χ4v) is 2.00. The summed E-state index contributed by atoms with van der Waals surface area (Å²) in [4.78, 5) is 0. The van der Waals surface area contributed by atoms with Crippen LogP contribution in [0.2, 0.25) is 0 Å². The summed E-state index contributed by atoms with van der Waals surface area (Å²) >= 11 is 0. The Kier molecular flexibility index (Phi) is 5.51. The first kappa shape index (κ1) is 15.7. The summed E-state index contributed by atoms with van der Waals surface area (Å²) in [6.07, 6.45) is 3.44. The Morgan fingerprint density at radius 3 is 2.33 bits per heavy atom. The lowest BCUT2D eigenvalue weighted by molar-refractivity contribution is 0.293. The zero-order valence-electron chi connectivity index (χ0n) is 13.2. The number of ether oxygens (including phenoxy) is 3. The van der Waals surface area contributed by atoms with E-state index in [4.69, 9.17) is 14.2 Å². The van der Waals surface area contributed by atoms with Gasteiger partial charge in [0, 0.05) is 12.6 Å². The Morgan fingerprint density at radius 2 is 1.86 bits per heavy atom. The van der Waals surface area contributed by atoms with E-state index in [1.54, 1.807) is 14.2 Å². The molecule has 0 aliphatic heterocycles. The Balaban J connectivity index is 2.14. The molecule has 0 saturated heterocycles. The predicted molar refractivity (Wildman–Crippen MR) is 84.3 cm³/mol. The SMILES string of the molecule is C=C(CC)COc1c(OC)cc(CNC2CC2)cc1OC. The lowest BCUT2D eigenvalue weighted by Gasteiger charge is -2.16. The van der Waals surface area contributed by atoms with Crippen LogP contribution in [0.4, 0.5) is 0 Å². The van der Waals surface area contributed by atoms with Crippen molar-refractivity contribution in [3.05, 3.63) is 29.8 Å². The lowest BCUT2D eigenvalue weighted by Crippen LogP contribution is -2.15. The van der Waals surface area contributed by atoms with Gasteiger partial charge in [-0.05, 0) is 42.5 Å². The van der Waals surface area contributed by atoms with Crippen LogP contribution in [-0.2, 0) is 6.54 Å².